The number of aryl methyl sites for hydroxylation is 1. The summed E-state index contributed by atoms with van der Waals surface area (Å²) >= 11 is 0. The van der Waals surface area contributed by atoms with Crippen LogP contribution in [0.3, 0.4) is 0 Å². The van der Waals surface area contributed by atoms with E-state index in [-0.39, 0.29) is 10.8 Å². The van der Waals surface area contributed by atoms with Crippen LogP contribution in [0.1, 0.15) is 53.7 Å². The molecule has 4 aromatic rings. The van der Waals surface area contributed by atoms with Crippen molar-refractivity contribution in [2.75, 3.05) is 18.1 Å². The van der Waals surface area contributed by atoms with Crippen molar-refractivity contribution in [3.8, 4) is 11.5 Å². The van der Waals surface area contributed by atoms with E-state index in [1.165, 1.54) is 0 Å². The van der Waals surface area contributed by atoms with Crippen LogP contribution < -0.4 is 24.4 Å². The van der Waals surface area contributed by atoms with Gasteiger partial charge in [-0.25, -0.2) is 22.3 Å². The third-order valence-electron chi connectivity index (χ3n) is 8.25. The molecule has 45 heavy (non-hydrogen) atoms. The molecule has 4 aromatic carbocycles. The highest BCUT2D eigenvalue weighted by Gasteiger charge is 2.44. The van der Waals surface area contributed by atoms with Crippen LogP contribution in [0.25, 0.3) is 10.8 Å². The summed E-state index contributed by atoms with van der Waals surface area (Å²) in [5.74, 6) is 0.566. The number of hydrogen-bond donors (Lipinski definition) is 2. The lowest BCUT2D eigenvalue weighted by molar-refractivity contribution is 0.0993. The fourth-order valence-corrected chi connectivity index (χ4v) is 6.96. The SMILES string of the molecule is CCOc1cc2cccc(OCC)c2c2c1C(=O)N(c1ccc(CC3(NC(=O)NS(=O)(=O)c4ccc(F)cc4)CC3)cc1C)C2. The smallest absolute Gasteiger partial charge is 0.329 e. The standard InChI is InChI=1S/C34H34FN3O6S/c1-4-43-28-8-6-7-23-18-29(44-5-2)31-26(30(23)28)20-38(32(31)39)27-14-9-22(17-21(27)3)19-34(15-16-34)36-33(40)37-45(41,42)25-12-10-24(35)11-13-25/h6-14,17-18H,4-5,15-16,19-20H2,1-3H3,(H2,36,37,40). The highest BCUT2D eigenvalue weighted by Crippen LogP contribution is 2.44. The van der Waals surface area contributed by atoms with E-state index < -0.39 is 27.4 Å². The fourth-order valence-electron chi connectivity index (χ4n) is 6.05. The Kier molecular flexibility index (Phi) is 7.90. The summed E-state index contributed by atoms with van der Waals surface area (Å²) in [6.45, 7) is 7.06. The van der Waals surface area contributed by atoms with Crippen molar-refractivity contribution in [2.45, 2.75) is 57.0 Å². The van der Waals surface area contributed by atoms with Gasteiger partial charge in [-0.15, -0.1) is 0 Å². The van der Waals surface area contributed by atoms with Gasteiger partial charge in [-0.2, -0.15) is 0 Å². The van der Waals surface area contributed by atoms with E-state index in [0.717, 1.165) is 63.2 Å². The van der Waals surface area contributed by atoms with E-state index in [9.17, 15) is 22.4 Å². The Bertz CT molecular complexity index is 1920. The Morgan fingerprint density at radius 2 is 1.69 bits per heavy atom. The van der Waals surface area contributed by atoms with Crippen molar-refractivity contribution < 1.29 is 31.9 Å². The van der Waals surface area contributed by atoms with Gasteiger partial charge in [0.1, 0.15) is 17.3 Å². The molecule has 1 saturated carbocycles. The molecule has 0 radical (unpaired) electrons. The zero-order valence-corrected chi connectivity index (χ0v) is 26.1. The summed E-state index contributed by atoms with van der Waals surface area (Å²) in [5, 5.41) is 4.67. The van der Waals surface area contributed by atoms with Crippen LogP contribution in [0.5, 0.6) is 11.5 Å². The number of benzene rings is 4. The van der Waals surface area contributed by atoms with Gasteiger partial charge in [-0.1, -0.05) is 24.3 Å². The zero-order valence-electron chi connectivity index (χ0n) is 25.3. The van der Waals surface area contributed by atoms with E-state index >= 15 is 0 Å². The highest BCUT2D eigenvalue weighted by atomic mass is 32.2. The summed E-state index contributed by atoms with van der Waals surface area (Å²) in [6, 6.07) is 17.0. The summed E-state index contributed by atoms with van der Waals surface area (Å²) in [4.78, 5) is 28.1. The first-order valence-corrected chi connectivity index (χ1v) is 16.4. The quantitative estimate of drug-likeness (QED) is 0.222. The molecule has 0 aromatic heterocycles. The van der Waals surface area contributed by atoms with Crippen LogP contribution in [-0.4, -0.2) is 39.1 Å². The maximum absolute atomic E-state index is 13.9. The lowest BCUT2D eigenvalue weighted by Crippen LogP contribution is -2.46. The van der Waals surface area contributed by atoms with Crippen molar-refractivity contribution in [2.24, 2.45) is 0 Å². The number of ether oxygens (including phenoxy) is 2. The molecule has 2 aliphatic rings. The minimum absolute atomic E-state index is 0.142. The number of amides is 3. The normalized spacial score (nSPS) is 15.1. The second-order valence-electron chi connectivity index (χ2n) is 11.4. The van der Waals surface area contributed by atoms with Gasteiger partial charge in [0.15, 0.2) is 0 Å². The molecule has 2 N–H and O–H groups in total. The Labute approximate surface area is 261 Å². The number of rotatable bonds is 10. The first-order chi connectivity index (χ1) is 21.5. The van der Waals surface area contributed by atoms with Crippen LogP contribution in [0.15, 0.2) is 71.6 Å². The molecule has 11 heteroatoms. The minimum atomic E-state index is -4.15. The number of sulfonamides is 1. The molecule has 0 atom stereocenters. The largest absolute Gasteiger partial charge is 0.493 e. The fraction of sp³-hybridized carbons (Fsp3) is 0.294. The van der Waals surface area contributed by atoms with Crippen molar-refractivity contribution in [3.63, 3.8) is 0 Å². The Morgan fingerprint density at radius 3 is 2.36 bits per heavy atom. The van der Waals surface area contributed by atoms with Crippen molar-refractivity contribution >= 4 is 38.4 Å². The first kappa shape index (κ1) is 30.4. The molecule has 1 heterocycles. The molecule has 0 saturated heterocycles. The van der Waals surface area contributed by atoms with Crippen LogP contribution in [0.2, 0.25) is 0 Å². The van der Waals surface area contributed by atoms with Crippen LogP contribution in [0, 0.1) is 12.7 Å². The summed E-state index contributed by atoms with van der Waals surface area (Å²) in [7, 11) is -4.15. The van der Waals surface area contributed by atoms with Gasteiger partial charge in [0.2, 0.25) is 0 Å². The number of nitrogens with zero attached hydrogens (tertiary/aromatic N) is 1. The van der Waals surface area contributed by atoms with E-state index in [1.807, 2.05) is 68.0 Å². The Hall–Kier alpha value is -4.64. The molecule has 0 spiro atoms. The second kappa shape index (κ2) is 11.7. The van der Waals surface area contributed by atoms with Gasteiger partial charge in [0.25, 0.3) is 15.9 Å². The molecule has 1 aliphatic carbocycles. The lowest BCUT2D eigenvalue weighted by Gasteiger charge is -2.21. The van der Waals surface area contributed by atoms with E-state index in [4.69, 9.17) is 9.47 Å². The van der Waals surface area contributed by atoms with E-state index in [0.29, 0.717) is 50.3 Å². The third kappa shape index (κ3) is 5.92. The van der Waals surface area contributed by atoms with Gasteiger partial charge in [-0.05, 0) is 105 Å². The van der Waals surface area contributed by atoms with Gasteiger partial charge in [0, 0.05) is 16.6 Å². The maximum atomic E-state index is 13.9. The maximum Gasteiger partial charge on any atom is 0.329 e. The summed E-state index contributed by atoms with van der Waals surface area (Å²) in [6.07, 6.45) is 1.86. The highest BCUT2D eigenvalue weighted by molar-refractivity contribution is 7.90. The van der Waals surface area contributed by atoms with Gasteiger partial charge >= 0.3 is 6.03 Å². The number of carbonyl (C=O) groups is 2. The molecule has 0 unspecified atom stereocenters. The second-order valence-corrected chi connectivity index (χ2v) is 13.1. The number of carbonyl (C=O) groups excluding carboxylic acids is 2. The van der Waals surface area contributed by atoms with Crippen molar-refractivity contribution in [1.82, 2.24) is 10.0 Å². The predicted molar refractivity (Wildman–Crippen MR) is 169 cm³/mol. The molecular weight excluding hydrogens is 597 g/mol. The lowest BCUT2D eigenvalue weighted by atomic mass is 9.99. The molecule has 1 aliphatic heterocycles. The topological polar surface area (TPSA) is 114 Å². The number of nitrogens with one attached hydrogen (secondary N) is 2. The van der Waals surface area contributed by atoms with Crippen LogP contribution >= 0.6 is 0 Å². The number of fused-ring (bicyclic) bond motifs is 3. The van der Waals surface area contributed by atoms with Gasteiger partial charge in [-0.3, -0.25) is 4.79 Å². The Morgan fingerprint density at radius 1 is 0.978 bits per heavy atom. The average molecular weight is 632 g/mol. The van der Waals surface area contributed by atoms with Crippen molar-refractivity contribution in [3.05, 3.63) is 94.8 Å². The predicted octanol–water partition coefficient (Wildman–Crippen LogP) is 6.01. The van der Waals surface area contributed by atoms with Crippen LogP contribution in [0.4, 0.5) is 14.9 Å². The van der Waals surface area contributed by atoms with E-state index in [2.05, 4.69) is 5.32 Å². The van der Waals surface area contributed by atoms with Crippen molar-refractivity contribution in [1.29, 1.82) is 0 Å². The van der Waals surface area contributed by atoms with E-state index in [1.54, 1.807) is 4.90 Å². The van der Waals surface area contributed by atoms with Crippen LogP contribution in [-0.2, 0) is 23.0 Å². The monoisotopic (exact) mass is 631 g/mol. The molecule has 9 nitrogen and oxygen atoms in total. The zero-order chi connectivity index (χ0) is 31.9. The van der Waals surface area contributed by atoms with Gasteiger partial charge < -0.3 is 19.7 Å². The molecule has 6 rings (SSSR count). The third-order valence-corrected chi connectivity index (χ3v) is 9.59. The molecule has 234 valence electrons. The number of urea groups is 1. The number of hydrogen-bond acceptors (Lipinski definition) is 6. The molecule has 3 amide bonds. The minimum Gasteiger partial charge on any atom is -0.493 e. The molecular formula is C34H34FN3O6S. The molecule has 1 fully saturated rings. The number of anilines is 1. The molecule has 0 bridgehead atoms. The first-order valence-electron chi connectivity index (χ1n) is 14.9. The van der Waals surface area contributed by atoms with Gasteiger partial charge in [0.05, 0.1) is 30.2 Å². The summed E-state index contributed by atoms with van der Waals surface area (Å²) < 4.78 is 52.3. The average Bonchev–Trinajstić information content (AvgIpc) is 3.64. The number of halogens is 1. The Balaban J connectivity index is 1.21. The summed E-state index contributed by atoms with van der Waals surface area (Å²) in [5.41, 5.74) is 3.43.